The predicted octanol–water partition coefficient (Wildman–Crippen LogP) is 2.99. The van der Waals surface area contributed by atoms with E-state index in [1.54, 1.807) is 35.0 Å². The summed E-state index contributed by atoms with van der Waals surface area (Å²) in [5.74, 6) is -0.454. The smallest absolute Gasteiger partial charge is 0.335 e. The Hall–Kier alpha value is -2.73. The molecule has 0 bridgehead atoms. The third-order valence-electron chi connectivity index (χ3n) is 4.50. The van der Waals surface area contributed by atoms with Gasteiger partial charge >= 0.3 is 5.97 Å². The summed E-state index contributed by atoms with van der Waals surface area (Å²) < 4.78 is 7.20. The number of hydrogen-bond acceptors (Lipinski definition) is 4. The fourth-order valence-electron chi connectivity index (χ4n) is 3.13. The van der Waals surface area contributed by atoms with Crippen LogP contribution in [0.15, 0.2) is 42.7 Å². The van der Waals surface area contributed by atoms with Crippen molar-refractivity contribution in [1.29, 1.82) is 0 Å². The molecule has 0 spiro atoms. The molecule has 2 aromatic heterocycles. The van der Waals surface area contributed by atoms with E-state index >= 15 is 0 Å². The van der Waals surface area contributed by atoms with E-state index in [-0.39, 0.29) is 5.56 Å². The van der Waals surface area contributed by atoms with E-state index < -0.39 is 5.97 Å². The van der Waals surface area contributed by atoms with E-state index in [4.69, 9.17) is 9.84 Å². The first-order chi connectivity index (χ1) is 11.7. The third kappa shape index (κ3) is 2.65. The van der Waals surface area contributed by atoms with Gasteiger partial charge in [-0.2, -0.15) is 5.10 Å². The number of carbonyl (C=O) groups is 1. The van der Waals surface area contributed by atoms with Crippen LogP contribution in [0.1, 0.15) is 34.7 Å². The van der Waals surface area contributed by atoms with Crippen LogP contribution in [0.2, 0.25) is 0 Å². The van der Waals surface area contributed by atoms with Gasteiger partial charge in [-0.05, 0) is 42.5 Å². The van der Waals surface area contributed by atoms with Gasteiger partial charge in [-0.3, -0.25) is 0 Å². The number of benzene rings is 1. The van der Waals surface area contributed by atoms with Crippen molar-refractivity contribution in [3.63, 3.8) is 0 Å². The predicted molar refractivity (Wildman–Crippen MR) is 88.2 cm³/mol. The van der Waals surface area contributed by atoms with Gasteiger partial charge in [0, 0.05) is 18.8 Å². The Bertz CT molecular complexity index is 880. The lowest BCUT2D eigenvalue weighted by Gasteiger charge is -2.21. The number of carboxylic acids is 1. The lowest BCUT2D eigenvalue weighted by molar-refractivity contribution is 0.0697. The maximum Gasteiger partial charge on any atom is 0.335 e. The number of imidazole rings is 1. The molecule has 0 aliphatic carbocycles. The van der Waals surface area contributed by atoms with E-state index in [2.05, 4.69) is 16.1 Å². The highest BCUT2D eigenvalue weighted by atomic mass is 16.5. The quantitative estimate of drug-likeness (QED) is 0.802. The Balaban J connectivity index is 1.68. The van der Waals surface area contributed by atoms with Crippen LogP contribution in [0.5, 0.6) is 0 Å². The molecule has 0 unspecified atom stereocenters. The molecule has 122 valence electrons. The average molecular weight is 323 g/mol. The Labute approximate surface area is 138 Å². The highest BCUT2D eigenvalue weighted by Gasteiger charge is 2.18. The molecule has 1 aromatic carbocycles. The van der Waals surface area contributed by atoms with Crippen LogP contribution in [0.4, 0.5) is 0 Å². The molecular formula is C18H17N3O3. The molecule has 6 nitrogen and oxygen atoms in total. The van der Waals surface area contributed by atoms with E-state index in [1.165, 1.54) is 5.56 Å². The number of aromatic nitrogens is 3. The number of nitrogens with zero attached hydrogens (tertiary/aromatic N) is 3. The van der Waals surface area contributed by atoms with Crippen LogP contribution in [0.3, 0.4) is 0 Å². The monoisotopic (exact) mass is 323 g/mol. The number of aromatic carboxylic acids is 1. The summed E-state index contributed by atoms with van der Waals surface area (Å²) in [5.41, 5.74) is 4.00. The van der Waals surface area contributed by atoms with Crippen molar-refractivity contribution >= 4 is 11.6 Å². The lowest BCUT2D eigenvalue weighted by Crippen LogP contribution is -2.14. The number of ether oxygens (including phenoxy) is 1. The molecule has 24 heavy (non-hydrogen) atoms. The Morgan fingerprint density at radius 1 is 1.17 bits per heavy atom. The van der Waals surface area contributed by atoms with Gasteiger partial charge < -0.3 is 9.84 Å². The minimum Gasteiger partial charge on any atom is -0.478 e. The molecule has 0 radical (unpaired) electrons. The van der Waals surface area contributed by atoms with Crippen molar-refractivity contribution in [3.8, 4) is 11.3 Å². The molecule has 0 amide bonds. The largest absolute Gasteiger partial charge is 0.478 e. The summed E-state index contributed by atoms with van der Waals surface area (Å²) >= 11 is 0. The fraction of sp³-hybridized carbons (Fsp3) is 0.278. The molecule has 1 fully saturated rings. The summed E-state index contributed by atoms with van der Waals surface area (Å²) in [6.45, 7) is 1.59. The van der Waals surface area contributed by atoms with Gasteiger partial charge in [0.2, 0.25) is 0 Å². The maximum atomic E-state index is 11.0. The second-order valence-electron chi connectivity index (χ2n) is 5.97. The molecule has 1 N–H and O–H groups in total. The lowest BCUT2D eigenvalue weighted by atomic mass is 9.93. The van der Waals surface area contributed by atoms with Gasteiger partial charge in [0.05, 0.1) is 23.7 Å². The van der Waals surface area contributed by atoms with E-state index in [9.17, 15) is 4.79 Å². The molecular weight excluding hydrogens is 306 g/mol. The van der Waals surface area contributed by atoms with E-state index in [0.717, 1.165) is 43.0 Å². The highest BCUT2D eigenvalue weighted by molar-refractivity contribution is 5.88. The van der Waals surface area contributed by atoms with Crippen LogP contribution < -0.4 is 0 Å². The summed E-state index contributed by atoms with van der Waals surface area (Å²) in [5, 5.41) is 13.5. The zero-order valence-electron chi connectivity index (χ0n) is 13.1. The van der Waals surface area contributed by atoms with Crippen molar-refractivity contribution in [1.82, 2.24) is 14.6 Å². The van der Waals surface area contributed by atoms with Gasteiger partial charge in [-0.1, -0.05) is 12.1 Å². The van der Waals surface area contributed by atoms with Gasteiger partial charge in [-0.25, -0.2) is 14.3 Å². The van der Waals surface area contributed by atoms with Gasteiger partial charge in [0.15, 0.2) is 5.65 Å². The Morgan fingerprint density at radius 3 is 2.62 bits per heavy atom. The molecule has 0 atom stereocenters. The molecule has 1 aliphatic heterocycles. The molecule has 3 heterocycles. The second kappa shape index (κ2) is 6.05. The number of carboxylic acid groups (broad SMARTS) is 1. The van der Waals surface area contributed by atoms with Gasteiger partial charge in [-0.15, -0.1) is 0 Å². The topological polar surface area (TPSA) is 76.7 Å². The van der Waals surface area contributed by atoms with E-state index in [0.29, 0.717) is 5.92 Å². The number of rotatable bonds is 3. The van der Waals surface area contributed by atoms with Gasteiger partial charge in [0.25, 0.3) is 0 Å². The Kier molecular flexibility index (Phi) is 3.74. The van der Waals surface area contributed by atoms with Crippen molar-refractivity contribution in [2.24, 2.45) is 0 Å². The van der Waals surface area contributed by atoms with Gasteiger partial charge in [0.1, 0.15) is 0 Å². The summed E-state index contributed by atoms with van der Waals surface area (Å²) in [6.07, 6.45) is 5.70. The second-order valence-corrected chi connectivity index (χ2v) is 5.97. The van der Waals surface area contributed by atoms with Crippen LogP contribution >= 0.6 is 0 Å². The normalized spacial score (nSPS) is 15.7. The van der Waals surface area contributed by atoms with Crippen molar-refractivity contribution < 1.29 is 14.6 Å². The van der Waals surface area contributed by atoms with Crippen molar-refractivity contribution in [2.45, 2.75) is 18.8 Å². The van der Waals surface area contributed by atoms with Crippen LogP contribution in [0, 0.1) is 0 Å². The molecule has 3 aromatic rings. The highest BCUT2D eigenvalue weighted by Crippen LogP contribution is 2.28. The molecule has 4 rings (SSSR count). The summed E-state index contributed by atoms with van der Waals surface area (Å²) in [4.78, 5) is 15.4. The molecule has 1 aliphatic rings. The van der Waals surface area contributed by atoms with E-state index in [1.807, 2.05) is 6.20 Å². The SMILES string of the molecule is O=C(O)c1ccc(-c2cnc3cc(C4CCOCC4)cnn23)cc1. The molecule has 1 saturated heterocycles. The molecule has 6 heteroatoms. The summed E-state index contributed by atoms with van der Waals surface area (Å²) in [6, 6.07) is 8.82. The van der Waals surface area contributed by atoms with Crippen LogP contribution in [-0.4, -0.2) is 38.9 Å². The fourth-order valence-corrected chi connectivity index (χ4v) is 3.13. The van der Waals surface area contributed by atoms with Crippen LogP contribution in [-0.2, 0) is 4.74 Å². The molecule has 0 saturated carbocycles. The first kappa shape index (κ1) is 14.8. The minimum atomic E-state index is -0.932. The number of fused-ring (bicyclic) bond motifs is 1. The number of hydrogen-bond donors (Lipinski definition) is 1. The first-order valence-corrected chi connectivity index (χ1v) is 7.97. The summed E-state index contributed by atoms with van der Waals surface area (Å²) in [7, 11) is 0. The Morgan fingerprint density at radius 2 is 1.92 bits per heavy atom. The standard InChI is InChI=1S/C18H17N3O3/c22-18(23)14-3-1-13(2-4-14)16-11-19-17-9-15(10-20-21(16)17)12-5-7-24-8-6-12/h1-4,9-12H,5-8H2,(H,22,23). The van der Waals surface area contributed by atoms with Crippen molar-refractivity contribution in [3.05, 3.63) is 53.9 Å². The maximum absolute atomic E-state index is 11.0. The first-order valence-electron chi connectivity index (χ1n) is 7.97. The third-order valence-corrected chi connectivity index (χ3v) is 4.50. The zero-order chi connectivity index (χ0) is 16.5. The average Bonchev–Trinajstić information content (AvgIpc) is 3.05. The van der Waals surface area contributed by atoms with Crippen LogP contribution in [0.25, 0.3) is 16.9 Å². The zero-order valence-corrected chi connectivity index (χ0v) is 13.1. The van der Waals surface area contributed by atoms with Crippen molar-refractivity contribution in [2.75, 3.05) is 13.2 Å². The minimum absolute atomic E-state index is 0.266.